The number of rotatable bonds is 10. The fourth-order valence-corrected chi connectivity index (χ4v) is 7.21. The van der Waals surface area contributed by atoms with Crippen LogP contribution in [0.25, 0.3) is 0 Å². The first-order chi connectivity index (χ1) is 31.1. The van der Waals surface area contributed by atoms with Crippen LogP contribution >= 0.6 is 55.1 Å². The molecule has 6 N–H and O–H groups in total. The maximum absolute atomic E-state index is 12.9. The van der Waals surface area contributed by atoms with Crippen LogP contribution in [0.2, 0.25) is 10.0 Å². The first-order valence-corrected chi connectivity index (χ1v) is 22.4. The molecule has 18 heteroatoms. The molecule has 0 unspecified atom stereocenters. The van der Waals surface area contributed by atoms with E-state index in [0.29, 0.717) is 61.4 Å². The number of pyridine rings is 2. The van der Waals surface area contributed by atoms with E-state index in [9.17, 15) is 19.2 Å². The molecule has 1 fully saturated rings. The van der Waals surface area contributed by atoms with E-state index >= 15 is 0 Å². The van der Waals surface area contributed by atoms with Gasteiger partial charge in [-0.3, -0.25) is 30.0 Å². The number of nitrogens with zero attached hydrogens (tertiary/aromatic N) is 4. The summed E-state index contributed by atoms with van der Waals surface area (Å²) in [7, 11) is 3.56. The molecule has 332 valence electrons. The molecule has 0 radical (unpaired) electrons. The number of amides is 4. The summed E-state index contributed by atoms with van der Waals surface area (Å²) in [5, 5.41) is 28.1. The van der Waals surface area contributed by atoms with Gasteiger partial charge in [-0.1, -0.05) is 47.5 Å². The SMILES string of the molecule is CN(C)C(=N)c1ccc(C(=O)Nc2ccc(Cl)cc2C(=O)Nc2ccc(Br)cn2)cc1.N=C(c1ccc(C(=O)Nc2ccc(Cl)cc2C(=O)Nc2ccc(Br)cn2)cc1)N1CCCCC1. The van der Waals surface area contributed by atoms with Gasteiger partial charge in [-0.2, -0.15) is 0 Å². The van der Waals surface area contributed by atoms with E-state index in [0.717, 1.165) is 40.4 Å². The number of benzene rings is 4. The molecule has 4 aromatic carbocycles. The van der Waals surface area contributed by atoms with Gasteiger partial charge in [0.1, 0.15) is 23.3 Å². The summed E-state index contributed by atoms with van der Waals surface area (Å²) in [6, 6.07) is 29.7. The van der Waals surface area contributed by atoms with Crippen LogP contribution < -0.4 is 21.3 Å². The zero-order chi connectivity index (χ0) is 46.6. The van der Waals surface area contributed by atoms with Gasteiger partial charge in [-0.05, 0) is 136 Å². The maximum atomic E-state index is 12.9. The quantitative estimate of drug-likeness (QED) is 0.0576. The Balaban J connectivity index is 0.000000216. The highest BCUT2D eigenvalue weighted by atomic mass is 79.9. The van der Waals surface area contributed by atoms with E-state index in [-0.39, 0.29) is 22.9 Å². The minimum Gasteiger partial charge on any atom is -0.363 e. The van der Waals surface area contributed by atoms with Crippen molar-refractivity contribution >= 4 is 113 Å². The molecule has 6 aromatic rings. The van der Waals surface area contributed by atoms with E-state index in [1.165, 1.54) is 18.6 Å². The lowest BCUT2D eigenvalue weighted by molar-refractivity contribution is 0.101. The van der Waals surface area contributed by atoms with Gasteiger partial charge in [0.25, 0.3) is 23.6 Å². The summed E-state index contributed by atoms with van der Waals surface area (Å²) in [4.78, 5) is 63.3. The Kier molecular flexibility index (Phi) is 16.6. The van der Waals surface area contributed by atoms with Crippen molar-refractivity contribution in [2.75, 3.05) is 48.5 Å². The third-order valence-electron chi connectivity index (χ3n) is 9.85. The molecule has 3 heterocycles. The highest BCUT2D eigenvalue weighted by Gasteiger charge is 2.20. The molecule has 0 saturated carbocycles. The van der Waals surface area contributed by atoms with Crippen LogP contribution in [0.5, 0.6) is 0 Å². The summed E-state index contributed by atoms with van der Waals surface area (Å²) < 4.78 is 1.58. The van der Waals surface area contributed by atoms with Gasteiger partial charge in [0.05, 0.1) is 22.5 Å². The first kappa shape index (κ1) is 48.0. The molecule has 1 saturated heterocycles. The molecule has 4 amide bonds. The number of carbonyl (C=O) groups excluding carboxylic acids is 4. The number of carbonyl (C=O) groups is 4. The van der Waals surface area contributed by atoms with Crippen molar-refractivity contribution < 1.29 is 19.2 Å². The van der Waals surface area contributed by atoms with Crippen molar-refractivity contribution in [3.05, 3.63) is 174 Å². The molecule has 14 nitrogen and oxygen atoms in total. The zero-order valence-electron chi connectivity index (χ0n) is 35.0. The second-order valence-electron chi connectivity index (χ2n) is 14.7. The Bertz CT molecular complexity index is 2720. The molecule has 65 heavy (non-hydrogen) atoms. The minimum absolute atomic E-state index is 0.205. The second-order valence-corrected chi connectivity index (χ2v) is 17.4. The Labute approximate surface area is 402 Å². The number of amidine groups is 2. The van der Waals surface area contributed by atoms with E-state index in [1.807, 2.05) is 0 Å². The average Bonchev–Trinajstić information content (AvgIpc) is 3.31. The Morgan fingerprint density at radius 1 is 0.554 bits per heavy atom. The van der Waals surface area contributed by atoms with Crippen LogP contribution in [0.1, 0.15) is 71.8 Å². The van der Waals surface area contributed by atoms with E-state index in [4.69, 9.17) is 34.0 Å². The van der Waals surface area contributed by atoms with Crippen LogP contribution in [0.3, 0.4) is 0 Å². The normalized spacial score (nSPS) is 11.9. The van der Waals surface area contributed by atoms with Crippen LogP contribution in [-0.2, 0) is 0 Å². The zero-order valence-corrected chi connectivity index (χ0v) is 39.7. The highest BCUT2D eigenvalue weighted by Crippen LogP contribution is 2.25. The van der Waals surface area contributed by atoms with Gasteiger partial charge in [0.2, 0.25) is 0 Å². The molecular formula is C47H42Br2Cl2N10O4. The standard InChI is InChI=1S/C25H23BrClN5O2.C22H19BrClN5O2/c26-18-8-11-22(29-15-18)31-25(34)20-14-19(27)9-10-21(20)30-24(33)17-6-4-16(5-7-17)23(28)32-12-2-1-3-13-32;1-29(2)20(25)13-3-5-14(6-4-13)21(30)27-18-9-8-16(24)11-17(18)22(31)28-19-10-7-15(23)12-26-19/h4-11,14-15,28H,1-3,12-13H2,(H,30,33)(H,29,31,34);3-12,25H,1-2H3,(H,27,30)(H,26,28,31). The number of hydrogen-bond acceptors (Lipinski definition) is 8. The number of likely N-dealkylation sites (tertiary alicyclic amines) is 1. The van der Waals surface area contributed by atoms with Gasteiger partial charge >= 0.3 is 0 Å². The van der Waals surface area contributed by atoms with Gasteiger partial charge < -0.3 is 31.1 Å². The summed E-state index contributed by atoms with van der Waals surface area (Å²) in [5.41, 5.74) is 3.34. The van der Waals surface area contributed by atoms with Crippen molar-refractivity contribution in [2.45, 2.75) is 19.3 Å². The van der Waals surface area contributed by atoms with Gasteiger partial charge in [-0.15, -0.1) is 0 Å². The van der Waals surface area contributed by atoms with E-state index in [2.05, 4.69) is 68.0 Å². The number of aromatic nitrogens is 2. The lowest BCUT2D eigenvalue weighted by atomic mass is 10.1. The largest absolute Gasteiger partial charge is 0.363 e. The third kappa shape index (κ3) is 13.3. The van der Waals surface area contributed by atoms with Crippen molar-refractivity contribution in [1.29, 1.82) is 10.8 Å². The average molecular weight is 1040 g/mol. The fraction of sp³-hybridized carbons (Fsp3) is 0.149. The van der Waals surface area contributed by atoms with Crippen LogP contribution in [0.15, 0.2) is 131 Å². The topological polar surface area (TPSA) is 196 Å². The Hall–Kier alpha value is -6.46. The van der Waals surface area contributed by atoms with Crippen molar-refractivity contribution in [1.82, 2.24) is 19.8 Å². The number of piperidine rings is 1. The molecule has 0 spiro atoms. The molecule has 0 bridgehead atoms. The van der Waals surface area contributed by atoms with Crippen LogP contribution in [-0.4, -0.2) is 82.3 Å². The highest BCUT2D eigenvalue weighted by molar-refractivity contribution is 9.10. The number of halogens is 4. The smallest absolute Gasteiger partial charge is 0.258 e. The van der Waals surface area contributed by atoms with Crippen molar-refractivity contribution in [3.63, 3.8) is 0 Å². The Morgan fingerprint density at radius 3 is 1.37 bits per heavy atom. The van der Waals surface area contributed by atoms with Crippen molar-refractivity contribution in [2.24, 2.45) is 0 Å². The van der Waals surface area contributed by atoms with Crippen molar-refractivity contribution in [3.8, 4) is 0 Å². The molecule has 0 atom stereocenters. The van der Waals surface area contributed by atoms with Crippen LogP contribution in [0.4, 0.5) is 23.0 Å². The van der Waals surface area contributed by atoms with Crippen LogP contribution in [0, 0.1) is 10.8 Å². The van der Waals surface area contributed by atoms with E-state index < -0.39 is 11.8 Å². The second kappa shape index (κ2) is 22.4. The first-order valence-electron chi connectivity index (χ1n) is 20.0. The van der Waals surface area contributed by atoms with E-state index in [1.54, 1.807) is 128 Å². The number of nitrogens with one attached hydrogen (secondary N) is 6. The molecule has 7 rings (SSSR count). The van der Waals surface area contributed by atoms with Gasteiger partial charge in [0, 0.05) is 80.8 Å². The summed E-state index contributed by atoms with van der Waals surface area (Å²) in [5.74, 6) is -0.104. The lowest BCUT2D eigenvalue weighted by Gasteiger charge is -2.29. The molecule has 0 aliphatic carbocycles. The fourth-order valence-electron chi connectivity index (χ4n) is 6.40. The third-order valence-corrected chi connectivity index (χ3v) is 11.3. The molecule has 1 aliphatic heterocycles. The molecular weight excluding hydrogens is 999 g/mol. The Morgan fingerprint density at radius 2 is 0.969 bits per heavy atom. The summed E-state index contributed by atoms with van der Waals surface area (Å²) >= 11 is 18.8. The minimum atomic E-state index is -0.456. The predicted octanol–water partition coefficient (Wildman–Crippen LogP) is 10.7. The predicted molar refractivity (Wildman–Crippen MR) is 264 cm³/mol. The molecule has 2 aromatic heterocycles. The lowest BCUT2D eigenvalue weighted by Crippen LogP contribution is -2.35. The summed E-state index contributed by atoms with van der Waals surface area (Å²) in [6.07, 6.45) is 6.53. The molecule has 1 aliphatic rings. The van der Waals surface area contributed by atoms with Gasteiger partial charge in [0.15, 0.2) is 0 Å². The maximum Gasteiger partial charge on any atom is 0.258 e. The summed E-state index contributed by atoms with van der Waals surface area (Å²) in [6.45, 7) is 1.77. The van der Waals surface area contributed by atoms with Gasteiger partial charge in [-0.25, -0.2) is 9.97 Å². The monoisotopic (exact) mass is 1040 g/mol. The number of anilines is 4. The number of hydrogen-bond donors (Lipinski definition) is 6.